The molecule has 29 heavy (non-hydrogen) atoms. The van der Waals surface area contributed by atoms with Gasteiger partial charge in [-0.3, -0.25) is 9.69 Å². The molecule has 2 heterocycles. The van der Waals surface area contributed by atoms with Gasteiger partial charge in [0.25, 0.3) is 5.91 Å². The topological polar surface area (TPSA) is 49.9 Å². The van der Waals surface area contributed by atoms with Crippen LogP contribution in [0.4, 0.5) is 0 Å². The van der Waals surface area contributed by atoms with E-state index in [-0.39, 0.29) is 11.9 Å². The van der Waals surface area contributed by atoms with E-state index >= 15 is 0 Å². The number of methoxy groups -OCH3 is 1. The third kappa shape index (κ3) is 4.49. The highest BCUT2D eigenvalue weighted by atomic mass is 32.1. The van der Waals surface area contributed by atoms with Crippen LogP contribution in [0, 0.1) is 0 Å². The number of ether oxygens (including phenoxy) is 1. The molecule has 3 aromatic rings. The molecule has 0 atom stereocenters. The van der Waals surface area contributed by atoms with Crippen LogP contribution in [0.3, 0.4) is 0 Å². The van der Waals surface area contributed by atoms with E-state index in [4.69, 9.17) is 4.74 Å². The summed E-state index contributed by atoms with van der Waals surface area (Å²) in [6.07, 6.45) is 0.955. The predicted octanol–water partition coefficient (Wildman–Crippen LogP) is 4.04. The van der Waals surface area contributed by atoms with Crippen molar-refractivity contribution in [3.05, 3.63) is 70.6 Å². The number of carbonyl (C=O) groups excluding carboxylic acids is 2. The Morgan fingerprint density at radius 3 is 2.55 bits per heavy atom. The third-order valence-corrected chi connectivity index (χ3v) is 6.40. The number of fused-ring (bicyclic) bond motifs is 1. The highest BCUT2D eigenvalue weighted by Gasteiger charge is 2.22. The lowest BCUT2D eigenvalue weighted by Gasteiger charge is -2.21. The van der Waals surface area contributed by atoms with Gasteiger partial charge < -0.3 is 9.64 Å². The summed E-state index contributed by atoms with van der Waals surface area (Å²) in [4.78, 5) is 29.7. The van der Waals surface area contributed by atoms with E-state index in [1.165, 1.54) is 7.11 Å². The van der Waals surface area contributed by atoms with Crippen LogP contribution in [-0.2, 0) is 11.3 Å². The fourth-order valence-corrected chi connectivity index (χ4v) is 4.73. The monoisotopic (exact) mass is 408 g/mol. The maximum absolute atomic E-state index is 13.0. The fourth-order valence-electron chi connectivity index (χ4n) is 3.70. The Morgan fingerprint density at radius 1 is 1.00 bits per heavy atom. The molecule has 1 aliphatic heterocycles. The number of carbonyl (C=O) groups is 2. The summed E-state index contributed by atoms with van der Waals surface area (Å²) in [6, 6.07) is 17.7. The average Bonchev–Trinajstić information content (AvgIpc) is 3.06. The summed E-state index contributed by atoms with van der Waals surface area (Å²) >= 11 is 1.57. The van der Waals surface area contributed by atoms with E-state index < -0.39 is 0 Å². The first-order valence-corrected chi connectivity index (χ1v) is 10.6. The second kappa shape index (κ2) is 8.76. The van der Waals surface area contributed by atoms with Gasteiger partial charge in [-0.1, -0.05) is 30.3 Å². The number of esters is 1. The van der Waals surface area contributed by atoms with Crippen LogP contribution in [0.1, 0.15) is 32.0 Å². The number of thiophene rings is 1. The fraction of sp³-hybridized carbons (Fsp3) is 0.304. The summed E-state index contributed by atoms with van der Waals surface area (Å²) in [5, 5.41) is 1.13. The molecular formula is C23H24N2O3S. The lowest BCUT2D eigenvalue weighted by Crippen LogP contribution is -2.34. The van der Waals surface area contributed by atoms with E-state index in [1.807, 2.05) is 35.2 Å². The molecule has 0 radical (unpaired) electrons. The first-order valence-electron chi connectivity index (χ1n) is 9.81. The van der Waals surface area contributed by atoms with E-state index in [2.05, 4.69) is 17.0 Å². The lowest BCUT2D eigenvalue weighted by molar-refractivity contribution is 0.0600. The molecule has 5 nitrogen and oxygen atoms in total. The minimum Gasteiger partial charge on any atom is -0.465 e. The van der Waals surface area contributed by atoms with Crippen LogP contribution in [0.2, 0.25) is 0 Å². The summed E-state index contributed by atoms with van der Waals surface area (Å²) in [5.74, 6) is -0.183. The van der Waals surface area contributed by atoms with E-state index in [1.54, 1.807) is 23.5 Å². The Kier molecular flexibility index (Phi) is 5.92. The van der Waals surface area contributed by atoms with Crippen LogP contribution >= 0.6 is 11.3 Å². The number of hydrogen-bond acceptors (Lipinski definition) is 5. The lowest BCUT2D eigenvalue weighted by atomic mass is 10.1. The second-order valence-corrected chi connectivity index (χ2v) is 8.34. The van der Waals surface area contributed by atoms with Gasteiger partial charge in [0.05, 0.1) is 17.6 Å². The maximum Gasteiger partial charge on any atom is 0.337 e. The van der Waals surface area contributed by atoms with E-state index in [0.717, 1.165) is 59.7 Å². The van der Waals surface area contributed by atoms with Crippen molar-refractivity contribution in [3.63, 3.8) is 0 Å². The van der Waals surface area contributed by atoms with Gasteiger partial charge in [0, 0.05) is 37.4 Å². The standard InChI is InChI=1S/C23H24N2O3S/c1-28-23(27)18-9-7-17(8-10-18)16-24-11-4-12-25(14-13-24)22(26)21-15-19-5-2-3-6-20(19)29-21/h2-3,5-10,15H,4,11-14,16H2,1H3. The molecule has 1 fully saturated rings. The molecule has 0 unspecified atom stereocenters. The van der Waals surface area contributed by atoms with Gasteiger partial charge in [0.1, 0.15) is 0 Å². The molecule has 1 amide bonds. The Labute approximate surface area is 174 Å². The largest absolute Gasteiger partial charge is 0.465 e. The summed E-state index contributed by atoms with van der Waals surface area (Å²) in [6.45, 7) is 4.12. The van der Waals surface area contributed by atoms with Gasteiger partial charge in [0.2, 0.25) is 0 Å². The minimum absolute atomic E-state index is 0.135. The number of rotatable bonds is 4. The van der Waals surface area contributed by atoms with Crippen molar-refractivity contribution in [2.24, 2.45) is 0 Å². The number of benzene rings is 2. The zero-order valence-electron chi connectivity index (χ0n) is 16.5. The van der Waals surface area contributed by atoms with Crippen molar-refractivity contribution in [1.82, 2.24) is 9.80 Å². The number of amides is 1. The molecule has 0 bridgehead atoms. The molecule has 0 N–H and O–H groups in total. The SMILES string of the molecule is COC(=O)c1ccc(CN2CCCN(C(=O)c3cc4ccccc4s3)CC2)cc1. The zero-order valence-corrected chi connectivity index (χ0v) is 17.3. The van der Waals surface area contributed by atoms with Crippen LogP contribution in [-0.4, -0.2) is 55.0 Å². The zero-order chi connectivity index (χ0) is 20.2. The van der Waals surface area contributed by atoms with Crippen molar-refractivity contribution in [1.29, 1.82) is 0 Å². The average molecular weight is 409 g/mol. The van der Waals surface area contributed by atoms with Gasteiger partial charge in [0.15, 0.2) is 0 Å². The Morgan fingerprint density at radius 2 is 1.79 bits per heavy atom. The van der Waals surface area contributed by atoms with Gasteiger partial charge in [-0.15, -0.1) is 11.3 Å². The smallest absolute Gasteiger partial charge is 0.337 e. The predicted molar refractivity (Wildman–Crippen MR) is 115 cm³/mol. The van der Waals surface area contributed by atoms with Crippen molar-refractivity contribution in [3.8, 4) is 0 Å². The van der Waals surface area contributed by atoms with Gasteiger partial charge >= 0.3 is 5.97 Å². The molecular weight excluding hydrogens is 384 g/mol. The number of hydrogen-bond donors (Lipinski definition) is 0. The molecule has 2 aromatic carbocycles. The Balaban J connectivity index is 1.37. The van der Waals surface area contributed by atoms with E-state index in [9.17, 15) is 9.59 Å². The highest BCUT2D eigenvalue weighted by Crippen LogP contribution is 2.26. The molecule has 4 rings (SSSR count). The van der Waals surface area contributed by atoms with Crippen molar-refractivity contribution < 1.29 is 14.3 Å². The van der Waals surface area contributed by atoms with Crippen LogP contribution in [0.5, 0.6) is 0 Å². The van der Waals surface area contributed by atoms with Gasteiger partial charge in [-0.2, -0.15) is 0 Å². The molecule has 6 heteroatoms. The van der Waals surface area contributed by atoms with Crippen LogP contribution in [0.15, 0.2) is 54.6 Å². The summed E-state index contributed by atoms with van der Waals surface area (Å²) < 4.78 is 5.90. The van der Waals surface area contributed by atoms with Crippen molar-refractivity contribution >= 4 is 33.3 Å². The summed E-state index contributed by atoms with van der Waals surface area (Å²) in [7, 11) is 1.39. The molecule has 0 aliphatic carbocycles. The molecule has 1 saturated heterocycles. The number of nitrogens with zero attached hydrogens (tertiary/aromatic N) is 2. The molecule has 0 saturated carbocycles. The minimum atomic E-state index is -0.318. The van der Waals surface area contributed by atoms with Gasteiger partial charge in [-0.05, 0) is 41.6 Å². The van der Waals surface area contributed by atoms with Crippen LogP contribution in [0.25, 0.3) is 10.1 Å². The van der Waals surface area contributed by atoms with E-state index in [0.29, 0.717) is 5.56 Å². The molecule has 0 spiro atoms. The van der Waals surface area contributed by atoms with Crippen LogP contribution < -0.4 is 0 Å². The second-order valence-electron chi connectivity index (χ2n) is 7.26. The molecule has 1 aromatic heterocycles. The molecule has 1 aliphatic rings. The first kappa shape index (κ1) is 19.6. The highest BCUT2D eigenvalue weighted by molar-refractivity contribution is 7.20. The molecule has 150 valence electrons. The quantitative estimate of drug-likeness (QED) is 0.612. The normalized spacial score (nSPS) is 15.3. The first-order chi connectivity index (χ1) is 14.1. The van der Waals surface area contributed by atoms with Crippen molar-refractivity contribution in [2.75, 3.05) is 33.3 Å². The van der Waals surface area contributed by atoms with Crippen molar-refractivity contribution in [2.45, 2.75) is 13.0 Å². The Hall–Kier alpha value is -2.70. The Bertz CT molecular complexity index is 979. The maximum atomic E-state index is 13.0. The van der Waals surface area contributed by atoms with Gasteiger partial charge in [-0.25, -0.2) is 4.79 Å². The third-order valence-electron chi connectivity index (χ3n) is 5.29. The summed E-state index contributed by atoms with van der Waals surface area (Å²) in [5.41, 5.74) is 1.72.